The van der Waals surface area contributed by atoms with Crippen molar-refractivity contribution in [3.05, 3.63) is 47.8 Å². The highest BCUT2D eigenvalue weighted by molar-refractivity contribution is 5.40. The zero-order valence-electron chi connectivity index (χ0n) is 12.2. The summed E-state index contributed by atoms with van der Waals surface area (Å²) in [6.45, 7) is 4.17. The van der Waals surface area contributed by atoms with E-state index in [1.807, 2.05) is 37.5 Å². The molecule has 0 saturated carbocycles. The summed E-state index contributed by atoms with van der Waals surface area (Å²) in [4.78, 5) is 11.1. The second-order valence-corrected chi connectivity index (χ2v) is 5.45. The summed E-state index contributed by atoms with van der Waals surface area (Å²) < 4.78 is 5.76. The fraction of sp³-hybridized carbons (Fsp3) is 0.375. The van der Waals surface area contributed by atoms with E-state index in [1.165, 1.54) is 5.56 Å². The number of anilines is 1. The van der Waals surface area contributed by atoms with Crippen molar-refractivity contribution < 1.29 is 4.74 Å². The van der Waals surface area contributed by atoms with E-state index in [2.05, 4.69) is 20.9 Å². The van der Waals surface area contributed by atoms with E-state index in [0.29, 0.717) is 6.61 Å². The van der Waals surface area contributed by atoms with Gasteiger partial charge in [0.25, 0.3) is 0 Å². The Labute approximate surface area is 124 Å². The van der Waals surface area contributed by atoms with E-state index < -0.39 is 0 Å². The number of ether oxygens (including phenoxy) is 1. The standard InChI is InChI=1S/C16H20N4O/c1-12(17)8-13-9-18-16(19-10-13)20-6-7-21-15-5-3-2-4-14(15)11-20/h2-5,9-10,12H,6-8,11,17H2,1H3. The highest BCUT2D eigenvalue weighted by Gasteiger charge is 2.17. The number of fused-ring (bicyclic) bond motifs is 1. The van der Waals surface area contributed by atoms with Gasteiger partial charge in [0.1, 0.15) is 12.4 Å². The lowest BCUT2D eigenvalue weighted by Gasteiger charge is -2.19. The lowest BCUT2D eigenvalue weighted by molar-refractivity contribution is 0.331. The van der Waals surface area contributed by atoms with Gasteiger partial charge in [-0.25, -0.2) is 9.97 Å². The molecule has 0 saturated heterocycles. The monoisotopic (exact) mass is 284 g/mol. The van der Waals surface area contributed by atoms with Crippen LogP contribution < -0.4 is 15.4 Å². The van der Waals surface area contributed by atoms with Gasteiger partial charge in [-0.3, -0.25) is 0 Å². The minimum Gasteiger partial charge on any atom is -0.491 e. The van der Waals surface area contributed by atoms with Crippen LogP contribution in [0.1, 0.15) is 18.1 Å². The number of hydrogen-bond acceptors (Lipinski definition) is 5. The fourth-order valence-corrected chi connectivity index (χ4v) is 2.48. The third kappa shape index (κ3) is 3.31. The van der Waals surface area contributed by atoms with Crippen LogP contribution >= 0.6 is 0 Å². The molecule has 1 aliphatic heterocycles. The molecule has 0 amide bonds. The van der Waals surface area contributed by atoms with Gasteiger partial charge in [0.05, 0.1) is 6.54 Å². The molecule has 2 heterocycles. The Kier molecular flexibility index (Phi) is 4.01. The summed E-state index contributed by atoms with van der Waals surface area (Å²) in [7, 11) is 0. The predicted molar refractivity (Wildman–Crippen MR) is 82.4 cm³/mol. The van der Waals surface area contributed by atoms with Crippen molar-refractivity contribution in [1.82, 2.24) is 9.97 Å². The molecule has 0 bridgehead atoms. The first-order valence-corrected chi connectivity index (χ1v) is 7.24. The van der Waals surface area contributed by atoms with Crippen molar-refractivity contribution in [2.45, 2.75) is 25.9 Å². The predicted octanol–water partition coefficient (Wildman–Crippen LogP) is 1.77. The summed E-state index contributed by atoms with van der Waals surface area (Å²) in [5, 5.41) is 0. The number of nitrogens with zero attached hydrogens (tertiary/aromatic N) is 3. The third-order valence-electron chi connectivity index (χ3n) is 3.48. The van der Waals surface area contributed by atoms with E-state index in [-0.39, 0.29) is 6.04 Å². The van der Waals surface area contributed by atoms with Crippen LogP contribution in [0.3, 0.4) is 0 Å². The maximum absolute atomic E-state index is 5.80. The van der Waals surface area contributed by atoms with Gasteiger partial charge < -0.3 is 15.4 Å². The van der Waals surface area contributed by atoms with Gasteiger partial charge in [-0.2, -0.15) is 0 Å². The molecular formula is C16H20N4O. The topological polar surface area (TPSA) is 64.3 Å². The van der Waals surface area contributed by atoms with E-state index in [9.17, 15) is 0 Å². The van der Waals surface area contributed by atoms with Gasteiger partial charge in [-0.05, 0) is 25.0 Å². The average Bonchev–Trinajstić information content (AvgIpc) is 2.69. The fourth-order valence-electron chi connectivity index (χ4n) is 2.48. The van der Waals surface area contributed by atoms with Crippen molar-refractivity contribution >= 4 is 5.95 Å². The van der Waals surface area contributed by atoms with E-state index >= 15 is 0 Å². The van der Waals surface area contributed by atoms with Crippen molar-refractivity contribution in [3.63, 3.8) is 0 Å². The Morgan fingerprint density at radius 3 is 2.81 bits per heavy atom. The van der Waals surface area contributed by atoms with Crippen LogP contribution in [0.5, 0.6) is 5.75 Å². The first-order valence-electron chi connectivity index (χ1n) is 7.24. The van der Waals surface area contributed by atoms with Crippen LogP contribution in [0.25, 0.3) is 0 Å². The molecule has 21 heavy (non-hydrogen) atoms. The maximum Gasteiger partial charge on any atom is 0.225 e. The summed E-state index contributed by atoms with van der Waals surface area (Å²) in [5.74, 6) is 1.69. The summed E-state index contributed by atoms with van der Waals surface area (Å²) >= 11 is 0. The molecule has 3 rings (SSSR count). The number of nitrogens with two attached hydrogens (primary N) is 1. The Balaban J connectivity index is 1.77. The summed E-state index contributed by atoms with van der Waals surface area (Å²) in [6.07, 6.45) is 4.53. The number of rotatable bonds is 3. The number of aromatic nitrogens is 2. The molecule has 1 unspecified atom stereocenters. The largest absolute Gasteiger partial charge is 0.491 e. The SMILES string of the molecule is CC(N)Cc1cnc(N2CCOc3ccccc3C2)nc1. The van der Waals surface area contributed by atoms with Crippen molar-refractivity contribution in [2.75, 3.05) is 18.1 Å². The number of hydrogen-bond donors (Lipinski definition) is 1. The van der Waals surface area contributed by atoms with Crippen LogP contribution in [0.2, 0.25) is 0 Å². The molecule has 1 aromatic heterocycles. The molecule has 5 nitrogen and oxygen atoms in total. The van der Waals surface area contributed by atoms with E-state index in [0.717, 1.165) is 36.8 Å². The second kappa shape index (κ2) is 6.10. The van der Waals surface area contributed by atoms with Crippen molar-refractivity contribution in [3.8, 4) is 5.75 Å². The van der Waals surface area contributed by atoms with Crippen LogP contribution in [0, 0.1) is 0 Å². The minimum atomic E-state index is 0.123. The molecular weight excluding hydrogens is 264 g/mol. The first kappa shape index (κ1) is 13.8. The molecule has 1 atom stereocenters. The minimum absolute atomic E-state index is 0.123. The van der Waals surface area contributed by atoms with Crippen LogP contribution in [-0.4, -0.2) is 29.2 Å². The van der Waals surface area contributed by atoms with Crippen LogP contribution in [0.15, 0.2) is 36.7 Å². The molecule has 0 radical (unpaired) electrons. The molecule has 1 aliphatic rings. The Morgan fingerprint density at radius 1 is 1.29 bits per heavy atom. The van der Waals surface area contributed by atoms with Crippen LogP contribution in [-0.2, 0) is 13.0 Å². The zero-order valence-corrected chi connectivity index (χ0v) is 12.2. The van der Waals surface area contributed by atoms with Gasteiger partial charge >= 0.3 is 0 Å². The lowest BCUT2D eigenvalue weighted by atomic mass is 10.1. The van der Waals surface area contributed by atoms with Gasteiger partial charge in [0, 0.05) is 30.5 Å². The molecule has 110 valence electrons. The first-order chi connectivity index (χ1) is 10.2. The summed E-state index contributed by atoms with van der Waals surface area (Å²) in [5.41, 5.74) is 8.03. The van der Waals surface area contributed by atoms with Gasteiger partial charge in [0.15, 0.2) is 0 Å². The normalized spacial score (nSPS) is 15.8. The number of para-hydroxylation sites is 1. The highest BCUT2D eigenvalue weighted by atomic mass is 16.5. The van der Waals surface area contributed by atoms with E-state index in [1.54, 1.807) is 0 Å². The third-order valence-corrected chi connectivity index (χ3v) is 3.48. The summed E-state index contributed by atoms with van der Waals surface area (Å²) in [6, 6.07) is 8.23. The van der Waals surface area contributed by atoms with Gasteiger partial charge in [-0.15, -0.1) is 0 Å². The van der Waals surface area contributed by atoms with Gasteiger partial charge in [0.2, 0.25) is 5.95 Å². The Bertz CT molecular complexity index is 597. The quantitative estimate of drug-likeness (QED) is 0.930. The van der Waals surface area contributed by atoms with Gasteiger partial charge in [-0.1, -0.05) is 18.2 Å². The average molecular weight is 284 g/mol. The highest BCUT2D eigenvalue weighted by Crippen LogP contribution is 2.24. The van der Waals surface area contributed by atoms with E-state index in [4.69, 9.17) is 10.5 Å². The Morgan fingerprint density at radius 2 is 2.05 bits per heavy atom. The molecule has 0 fully saturated rings. The lowest BCUT2D eigenvalue weighted by Crippen LogP contribution is -2.27. The number of benzene rings is 1. The molecule has 0 aliphatic carbocycles. The Hall–Kier alpha value is -2.14. The molecule has 2 N–H and O–H groups in total. The maximum atomic E-state index is 5.80. The molecule has 1 aromatic carbocycles. The smallest absolute Gasteiger partial charge is 0.225 e. The zero-order chi connectivity index (χ0) is 14.7. The molecule has 2 aromatic rings. The molecule has 0 spiro atoms. The van der Waals surface area contributed by atoms with Crippen LogP contribution in [0.4, 0.5) is 5.95 Å². The molecule has 5 heteroatoms. The second-order valence-electron chi connectivity index (χ2n) is 5.45. The van der Waals surface area contributed by atoms with Crippen molar-refractivity contribution in [1.29, 1.82) is 0 Å². The van der Waals surface area contributed by atoms with Crippen molar-refractivity contribution in [2.24, 2.45) is 5.73 Å².